The van der Waals surface area contributed by atoms with E-state index >= 15 is 0 Å². The summed E-state index contributed by atoms with van der Waals surface area (Å²) in [5.74, 6) is 0.0737. The number of hydrogen-bond donors (Lipinski definition) is 0. The summed E-state index contributed by atoms with van der Waals surface area (Å²) in [4.78, 5) is 12.5. The highest BCUT2D eigenvalue weighted by Crippen LogP contribution is 2.21. The van der Waals surface area contributed by atoms with Crippen LogP contribution in [0.5, 0.6) is 5.75 Å². The van der Waals surface area contributed by atoms with Crippen molar-refractivity contribution in [2.45, 2.75) is 11.8 Å². The average Bonchev–Trinajstić information content (AvgIpc) is 2.72. The zero-order valence-electron chi connectivity index (χ0n) is 16.0. The molecule has 0 bridgehead atoms. The Balaban J connectivity index is 1.63. The Morgan fingerprint density at radius 3 is 2.62 bits per heavy atom. The van der Waals surface area contributed by atoms with Crippen LogP contribution in [0, 0.1) is 6.92 Å². The van der Waals surface area contributed by atoms with Gasteiger partial charge in [0.15, 0.2) is 0 Å². The fourth-order valence-electron chi connectivity index (χ4n) is 2.85. The van der Waals surface area contributed by atoms with Gasteiger partial charge in [-0.1, -0.05) is 28.1 Å². The molecule has 2 aromatic carbocycles. The van der Waals surface area contributed by atoms with E-state index in [0.717, 1.165) is 4.47 Å². The van der Waals surface area contributed by atoms with Gasteiger partial charge in [0.25, 0.3) is 0 Å². The molecule has 0 saturated carbocycles. The lowest BCUT2D eigenvalue weighted by atomic mass is 10.1. The molecule has 1 aliphatic heterocycles. The van der Waals surface area contributed by atoms with E-state index in [-0.39, 0.29) is 23.7 Å². The predicted molar refractivity (Wildman–Crippen MR) is 111 cm³/mol. The van der Waals surface area contributed by atoms with Crippen LogP contribution in [0.1, 0.15) is 15.9 Å². The molecule has 0 spiro atoms. The highest BCUT2D eigenvalue weighted by molar-refractivity contribution is 9.10. The number of halogens is 1. The van der Waals surface area contributed by atoms with Gasteiger partial charge < -0.3 is 14.2 Å². The van der Waals surface area contributed by atoms with E-state index < -0.39 is 16.0 Å². The van der Waals surface area contributed by atoms with E-state index in [4.69, 9.17) is 14.2 Å². The molecule has 0 aliphatic carbocycles. The fourth-order valence-corrected chi connectivity index (χ4v) is 4.66. The van der Waals surface area contributed by atoms with E-state index in [9.17, 15) is 13.2 Å². The predicted octanol–water partition coefficient (Wildman–Crippen LogP) is 3.01. The van der Waals surface area contributed by atoms with Crippen LogP contribution in [0.25, 0.3) is 0 Å². The summed E-state index contributed by atoms with van der Waals surface area (Å²) in [6.07, 6.45) is 0. The number of morpholine rings is 1. The molecular formula is C20H22BrNO6S. The summed E-state index contributed by atoms with van der Waals surface area (Å²) in [6.45, 7) is 3.28. The SMILES string of the molecule is Cc1ccc(S(=O)(=O)N2CCOCC2)cc1C(=O)OCCOc1cccc(Br)c1. The standard InChI is InChI=1S/C20H22BrNO6S/c1-15-5-6-18(29(24,25)22-7-9-26-10-8-22)14-19(15)20(23)28-12-11-27-17-4-2-3-16(21)13-17/h2-6,13-14H,7-12H2,1H3. The van der Waals surface area contributed by atoms with Crippen molar-refractivity contribution in [2.24, 2.45) is 0 Å². The van der Waals surface area contributed by atoms with Crippen LogP contribution in [-0.4, -0.2) is 58.2 Å². The van der Waals surface area contributed by atoms with Crippen molar-refractivity contribution < 1.29 is 27.4 Å². The number of carbonyl (C=O) groups excluding carboxylic acids is 1. The van der Waals surface area contributed by atoms with Crippen molar-refractivity contribution >= 4 is 31.9 Å². The van der Waals surface area contributed by atoms with E-state index in [1.54, 1.807) is 19.1 Å². The average molecular weight is 484 g/mol. The monoisotopic (exact) mass is 483 g/mol. The van der Waals surface area contributed by atoms with E-state index in [0.29, 0.717) is 37.6 Å². The third-order valence-corrected chi connectivity index (χ3v) is 6.81. The first-order chi connectivity index (χ1) is 13.9. The van der Waals surface area contributed by atoms with Crippen molar-refractivity contribution in [3.63, 3.8) is 0 Å². The van der Waals surface area contributed by atoms with Crippen molar-refractivity contribution in [1.29, 1.82) is 0 Å². The topological polar surface area (TPSA) is 82.1 Å². The van der Waals surface area contributed by atoms with Gasteiger partial charge in [0.1, 0.15) is 19.0 Å². The second-order valence-corrected chi connectivity index (χ2v) is 9.29. The molecule has 0 atom stereocenters. The van der Waals surface area contributed by atoms with Crippen LogP contribution in [0.3, 0.4) is 0 Å². The summed E-state index contributed by atoms with van der Waals surface area (Å²) in [7, 11) is -3.68. The van der Waals surface area contributed by atoms with Crippen molar-refractivity contribution in [2.75, 3.05) is 39.5 Å². The molecule has 7 nitrogen and oxygen atoms in total. The Morgan fingerprint density at radius 1 is 1.14 bits per heavy atom. The number of ether oxygens (including phenoxy) is 3. The number of hydrogen-bond acceptors (Lipinski definition) is 6. The Bertz CT molecular complexity index is 973. The summed E-state index contributed by atoms with van der Waals surface area (Å²) in [5.41, 5.74) is 0.866. The number of aryl methyl sites for hydroxylation is 1. The number of esters is 1. The molecule has 0 aromatic heterocycles. The Kier molecular flexibility index (Phi) is 7.28. The van der Waals surface area contributed by atoms with E-state index in [2.05, 4.69) is 15.9 Å². The van der Waals surface area contributed by atoms with Crippen molar-refractivity contribution in [3.8, 4) is 5.75 Å². The van der Waals surface area contributed by atoms with Gasteiger partial charge in [0, 0.05) is 17.6 Å². The lowest BCUT2D eigenvalue weighted by molar-refractivity contribution is 0.0449. The Hall–Kier alpha value is -1.94. The molecule has 29 heavy (non-hydrogen) atoms. The zero-order valence-corrected chi connectivity index (χ0v) is 18.4. The molecule has 1 aliphatic rings. The van der Waals surface area contributed by atoms with Gasteiger partial charge in [-0.2, -0.15) is 4.31 Å². The fraction of sp³-hybridized carbons (Fsp3) is 0.350. The van der Waals surface area contributed by atoms with E-state index in [1.165, 1.54) is 16.4 Å². The van der Waals surface area contributed by atoms with Gasteiger partial charge in [0.2, 0.25) is 10.0 Å². The third-order valence-electron chi connectivity index (χ3n) is 4.42. The maximum Gasteiger partial charge on any atom is 0.338 e. The number of sulfonamides is 1. The Morgan fingerprint density at radius 2 is 1.90 bits per heavy atom. The Labute approximate surface area is 178 Å². The van der Waals surface area contributed by atoms with Crippen molar-refractivity contribution in [1.82, 2.24) is 4.31 Å². The second-order valence-electron chi connectivity index (χ2n) is 6.43. The van der Waals surface area contributed by atoms with Gasteiger partial charge in [-0.25, -0.2) is 13.2 Å². The molecule has 0 radical (unpaired) electrons. The molecule has 0 unspecified atom stereocenters. The minimum absolute atomic E-state index is 0.0469. The molecule has 156 valence electrons. The lowest BCUT2D eigenvalue weighted by Crippen LogP contribution is -2.40. The van der Waals surface area contributed by atoms with Gasteiger partial charge in [-0.05, 0) is 42.8 Å². The quantitative estimate of drug-likeness (QED) is 0.444. The molecule has 1 saturated heterocycles. The highest BCUT2D eigenvalue weighted by Gasteiger charge is 2.27. The summed E-state index contributed by atoms with van der Waals surface area (Å²) in [6, 6.07) is 11.8. The van der Waals surface area contributed by atoms with Gasteiger partial charge >= 0.3 is 5.97 Å². The molecule has 0 amide bonds. The number of benzene rings is 2. The summed E-state index contributed by atoms with van der Waals surface area (Å²) in [5, 5.41) is 0. The van der Waals surface area contributed by atoms with Crippen molar-refractivity contribution in [3.05, 3.63) is 58.1 Å². The number of rotatable bonds is 7. The summed E-state index contributed by atoms with van der Waals surface area (Å²) < 4.78 is 43.9. The van der Waals surface area contributed by atoms with Crippen LogP contribution in [0.15, 0.2) is 51.8 Å². The molecule has 1 heterocycles. The summed E-state index contributed by atoms with van der Waals surface area (Å²) >= 11 is 3.36. The van der Waals surface area contributed by atoms with Crippen LogP contribution < -0.4 is 4.74 Å². The molecule has 9 heteroatoms. The first-order valence-electron chi connectivity index (χ1n) is 9.12. The van der Waals surface area contributed by atoms with Crippen LogP contribution >= 0.6 is 15.9 Å². The molecule has 0 N–H and O–H groups in total. The van der Waals surface area contributed by atoms with Gasteiger partial charge in [-0.15, -0.1) is 0 Å². The van der Waals surface area contributed by atoms with Crippen LogP contribution in [-0.2, 0) is 19.5 Å². The van der Waals surface area contributed by atoms with Crippen LogP contribution in [0.4, 0.5) is 0 Å². The third kappa shape index (κ3) is 5.57. The molecule has 1 fully saturated rings. The number of carbonyl (C=O) groups is 1. The smallest absolute Gasteiger partial charge is 0.338 e. The highest BCUT2D eigenvalue weighted by atomic mass is 79.9. The van der Waals surface area contributed by atoms with E-state index in [1.807, 2.05) is 18.2 Å². The first-order valence-corrected chi connectivity index (χ1v) is 11.4. The largest absolute Gasteiger partial charge is 0.490 e. The maximum absolute atomic E-state index is 12.8. The minimum atomic E-state index is -3.68. The van der Waals surface area contributed by atoms with Gasteiger partial charge in [0.05, 0.1) is 23.7 Å². The van der Waals surface area contributed by atoms with Gasteiger partial charge in [-0.3, -0.25) is 0 Å². The first kappa shape index (κ1) is 21.8. The minimum Gasteiger partial charge on any atom is -0.490 e. The molecule has 2 aromatic rings. The van der Waals surface area contributed by atoms with Crippen LogP contribution in [0.2, 0.25) is 0 Å². The second kappa shape index (κ2) is 9.71. The number of nitrogens with zero attached hydrogens (tertiary/aromatic N) is 1. The molecular weight excluding hydrogens is 462 g/mol. The maximum atomic E-state index is 12.8. The lowest BCUT2D eigenvalue weighted by Gasteiger charge is -2.26. The zero-order chi connectivity index (χ0) is 20.9. The molecule has 3 rings (SSSR count). The normalized spacial score (nSPS) is 15.1.